The maximum Gasteiger partial charge on any atom is 0.573 e. The zero-order chi connectivity index (χ0) is 24.1. The topological polar surface area (TPSA) is 68.6 Å². The Morgan fingerprint density at radius 2 is 1.59 bits per heavy atom. The predicted molar refractivity (Wildman–Crippen MR) is 119 cm³/mol. The first-order valence-corrected chi connectivity index (χ1v) is 12.2. The van der Waals surface area contributed by atoms with E-state index in [1.807, 2.05) is 6.07 Å². The van der Waals surface area contributed by atoms with Crippen LogP contribution in [0.3, 0.4) is 0 Å². The van der Waals surface area contributed by atoms with Crippen LogP contribution in [0.2, 0.25) is 0 Å². The molecule has 2 aromatic carbocycles. The van der Waals surface area contributed by atoms with Gasteiger partial charge in [-0.15, -0.1) is 13.2 Å². The van der Waals surface area contributed by atoms with Crippen LogP contribution in [0.5, 0.6) is 5.75 Å². The van der Waals surface area contributed by atoms with Gasteiger partial charge in [0, 0.05) is 36.8 Å². The van der Waals surface area contributed by atoms with Crippen molar-refractivity contribution < 1.29 is 26.3 Å². The molecule has 3 aromatic rings. The molecule has 1 aromatic heterocycles. The number of hydrogen-bond acceptors (Lipinski definition) is 4. The Morgan fingerprint density at radius 1 is 0.882 bits per heavy atom. The summed E-state index contributed by atoms with van der Waals surface area (Å²) in [6.07, 6.45) is -3.99. The molecule has 2 bridgehead atoms. The average molecular weight is 491 g/mol. The normalized spacial score (nSPS) is 20.6. The van der Waals surface area contributed by atoms with Crippen molar-refractivity contribution in [3.8, 4) is 16.9 Å². The zero-order valence-corrected chi connectivity index (χ0v) is 18.7. The lowest BCUT2D eigenvalue weighted by Gasteiger charge is -2.42. The van der Waals surface area contributed by atoms with Gasteiger partial charge in [0.25, 0.3) is 5.56 Å². The number of aromatic nitrogens is 1. The summed E-state index contributed by atoms with van der Waals surface area (Å²) in [6.45, 7) is 0.998. The summed E-state index contributed by atoms with van der Waals surface area (Å²) in [5, 5.41) is 0. The van der Waals surface area contributed by atoms with E-state index in [9.17, 15) is 26.4 Å². The third-order valence-electron chi connectivity index (χ3n) is 6.35. The Morgan fingerprint density at radius 3 is 2.26 bits per heavy atom. The van der Waals surface area contributed by atoms with Crippen LogP contribution in [-0.2, 0) is 16.6 Å². The smallest absolute Gasteiger partial charge is 0.406 e. The van der Waals surface area contributed by atoms with Crippen LogP contribution in [-0.4, -0.2) is 36.7 Å². The van der Waals surface area contributed by atoms with Crippen molar-refractivity contribution in [3.63, 3.8) is 0 Å². The summed E-state index contributed by atoms with van der Waals surface area (Å²) in [5.74, 6) is -0.487. The lowest BCUT2D eigenvalue weighted by molar-refractivity contribution is -0.274. The number of hydrogen-bond donors (Lipinski definition) is 0. The van der Waals surface area contributed by atoms with Gasteiger partial charge in [-0.25, -0.2) is 8.42 Å². The number of benzene rings is 2. The van der Waals surface area contributed by atoms with Gasteiger partial charge in [-0.3, -0.25) is 4.79 Å². The fourth-order valence-electron chi connectivity index (χ4n) is 4.90. The summed E-state index contributed by atoms with van der Waals surface area (Å²) in [5.41, 5.74) is 1.39. The molecule has 0 amide bonds. The standard InChI is InChI=1S/C24H21F3N2O4S/c25-24(26,27)33-19-8-6-17(7-9-19)21-10-11-22-18-12-16(14-29(22)23(21)30)13-28(15-18)34(31,32)20-4-2-1-3-5-20/h1-11,16,18H,12-15H2/t16-,18-/m1/s1. The molecular weight excluding hydrogens is 469 g/mol. The monoisotopic (exact) mass is 490 g/mol. The maximum absolute atomic E-state index is 13.3. The summed E-state index contributed by atoms with van der Waals surface area (Å²) >= 11 is 0. The van der Waals surface area contributed by atoms with Crippen LogP contribution in [0, 0.1) is 5.92 Å². The van der Waals surface area contributed by atoms with Crippen molar-refractivity contribution in [3.05, 3.63) is 82.8 Å². The first kappa shape index (κ1) is 22.7. The molecule has 0 saturated carbocycles. The third-order valence-corrected chi connectivity index (χ3v) is 8.20. The molecule has 1 saturated heterocycles. The van der Waals surface area contributed by atoms with Gasteiger partial charge in [0.1, 0.15) is 5.75 Å². The minimum atomic E-state index is -4.79. The highest BCUT2D eigenvalue weighted by molar-refractivity contribution is 7.89. The Labute approximate surface area is 194 Å². The molecule has 2 atom stereocenters. The van der Waals surface area contributed by atoms with Gasteiger partial charge in [0.05, 0.1) is 4.90 Å². The molecule has 178 valence electrons. The minimum Gasteiger partial charge on any atom is -0.406 e. The van der Waals surface area contributed by atoms with E-state index in [0.29, 0.717) is 24.2 Å². The van der Waals surface area contributed by atoms with Gasteiger partial charge in [0.15, 0.2) is 0 Å². The molecule has 0 unspecified atom stereocenters. The Bertz CT molecular complexity index is 1370. The van der Waals surface area contributed by atoms with Crippen LogP contribution < -0.4 is 10.3 Å². The molecule has 6 nitrogen and oxygen atoms in total. The van der Waals surface area contributed by atoms with E-state index in [-0.39, 0.29) is 34.6 Å². The van der Waals surface area contributed by atoms with Crippen molar-refractivity contribution >= 4 is 10.0 Å². The molecule has 0 N–H and O–H groups in total. The van der Waals surface area contributed by atoms with Crippen LogP contribution >= 0.6 is 0 Å². The van der Waals surface area contributed by atoms with Crippen LogP contribution in [0.4, 0.5) is 13.2 Å². The second-order valence-electron chi connectivity index (χ2n) is 8.59. The molecule has 10 heteroatoms. The Balaban J connectivity index is 1.43. The van der Waals surface area contributed by atoms with Crippen LogP contribution in [0.1, 0.15) is 18.0 Å². The summed E-state index contributed by atoms with van der Waals surface area (Å²) in [4.78, 5) is 13.5. The second kappa shape index (κ2) is 8.28. The average Bonchev–Trinajstić information content (AvgIpc) is 2.80. The molecule has 2 aliphatic rings. The van der Waals surface area contributed by atoms with E-state index < -0.39 is 16.4 Å². The number of nitrogens with zero attached hydrogens (tertiary/aromatic N) is 2. The van der Waals surface area contributed by atoms with E-state index in [1.54, 1.807) is 41.0 Å². The van der Waals surface area contributed by atoms with Crippen molar-refractivity contribution in [1.29, 1.82) is 0 Å². The maximum atomic E-state index is 13.3. The Hall–Kier alpha value is -3.11. The van der Waals surface area contributed by atoms with Crippen molar-refractivity contribution in [2.45, 2.75) is 30.1 Å². The van der Waals surface area contributed by atoms with Crippen LogP contribution in [0.15, 0.2) is 76.4 Å². The number of rotatable bonds is 4. The molecule has 0 spiro atoms. The van der Waals surface area contributed by atoms with E-state index in [1.165, 1.54) is 28.6 Å². The van der Waals surface area contributed by atoms with Gasteiger partial charge in [-0.1, -0.05) is 30.3 Å². The van der Waals surface area contributed by atoms with Crippen molar-refractivity contribution in [1.82, 2.24) is 8.87 Å². The molecule has 3 heterocycles. The van der Waals surface area contributed by atoms with E-state index in [2.05, 4.69) is 4.74 Å². The number of pyridine rings is 1. The van der Waals surface area contributed by atoms with Crippen LogP contribution in [0.25, 0.3) is 11.1 Å². The van der Waals surface area contributed by atoms with E-state index in [0.717, 1.165) is 12.1 Å². The molecule has 2 aliphatic heterocycles. The third kappa shape index (κ3) is 4.23. The largest absolute Gasteiger partial charge is 0.573 e. The molecule has 5 rings (SSSR count). The predicted octanol–water partition coefficient (Wildman–Crippen LogP) is 4.22. The number of sulfonamides is 1. The first-order chi connectivity index (χ1) is 16.1. The number of piperidine rings is 1. The van der Waals surface area contributed by atoms with Crippen molar-refractivity contribution in [2.24, 2.45) is 5.92 Å². The SMILES string of the molecule is O=c1c(-c2ccc(OC(F)(F)F)cc2)ccc2n1C[C@@H]1C[C@@H]2CN(S(=O)(=O)c2ccccc2)C1. The second-order valence-corrected chi connectivity index (χ2v) is 10.5. The fourth-order valence-corrected chi connectivity index (χ4v) is 6.48. The number of ether oxygens (including phenoxy) is 1. The van der Waals surface area contributed by atoms with Gasteiger partial charge in [-0.05, 0) is 54.3 Å². The highest BCUT2D eigenvalue weighted by Gasteiger charge is 2.39. The van der Waals surface area contributed by atoms with Gasteiger partial charge in [-0.2, -0.15) is 4.31 Å². The van der Waals surface area contributed by atoms with Gasteiger partial charge < -0.3 is 9.30 Å². The molecule has 0 aliphatic carbocycles. The van der Waals surface area contributed by atoms with Gasteiger partial charge >= 0.3 is 6.36 Å². The molecule has 0 radical (unpaired) electrons. The molecular formula is C24H21F3N2O4S. The summed E-state index contributed by atoms with van der Waals surface area (Å²) in [7, 11) is -3.63. The highest BCUT2D eigenvalue weighted by atomic mass is 32.2. The number of halogens is 3. The lowest BCUT2D eigenvalue weighted by atomic mass is 9.84. The summed E-state index contributed by atoms with van der Waals surface area (Å²) < 4.78 is 70.6. The zero-order valence-electron chi connectivity index (χ0n) is 17.9. The molecule has 1 fully saturated rings. The Kier molecular flexibility index (Phi) is 5.52. The quantitative estimate of drug-likeness (QED) is 0.549. The van der Waals surface area contributed by atoms with E-state index in [4.69, 9.17) is 0 Å². The number of alkyl halides is 3. The van der Waals surface area contributed by atoms with E-state index >= 15 is 0 Å². The summed E-state index contributed by atoms with van der Waals surface area (Å²) in [6, 6.07) is 17.0. The highest BCUT2D eigenvalue weighted by Crippen LogP contribution is 2.38. The van der Waals surface area contributed by atoms with Crippen molar-refractivity contribution in [2.75, 3.05) is 13.1 Å². The fraction of sp³-hybridized carbons (Fsp3) is 0.292. The number of fused-ring (bicyclic) bond motifs is 4. The lowest BCUT2D eigenvalue weighted by Crippen LogP contribution is -2.49. The molecule has 34 heavy (non-hydrogen) atoms. The van der Waals surface area contributed by atoms with Gasteiger partial charge in [0.2, 0.25) is 10.0 Å². The minimum absolute atomic E-state index is 0.0137. The first-order valence-electron chi connectivity index (χ1n) is 10.8.